The lowest BCUT2D eigenvalue weighted by Gasteiger charge is -2.25. The van der Waals surface area contributed by atoms with Crippen molar-refractivity contribution in [3.05, 3.63) is 54.6 Å². The van der Waals surface area contributed by atoms with Gasteiger partial charge in [0.1, 0.15) is 0 Å². The van der Waals surface area contributed by atoms with Crippen LogP contribution in [0.25, 0.3) is 0 Å². The first-order valence-corrected chi connectivity index (χ1v) is 10.8. The van der Waals surface area contributed by atoms with Gasteiger partial charge in [0.25, 0.3) is 0 Å². The lowest BCUT2D eigenvalue weighted by atomic mass is 9.90. The molecule has 2 nitrogen and oxygen atoms in total. The molecule has 0 aliphatic heterocycles. The van der Waals surface area contributed by atoms with Crippen LogP contribution in [0, 0.1) is 5.92 Å². The molecule has 0 aliphatic carbocycles. The van der Waals surface area contributed by atoms with Crippen molar-refractivity contribution in [1.82, 2.24) is 9.55 Å². The van der Waals surface area contributed by atoms with E-state index in [-0.39, 0.29) is 0 Å². The minimum absolute atomic E-state index is 0.558. The Kier molecular flexibility index (Phi) is 10.2. The van der Waals surface area contributed by atoms with Crippen LogP contribution >= 0.6 is 0 Å². The molecule has 0 saturated carbocycles. The first kappa shape index (κ1) is 20.7. The number of aromatic nitrogens is 2. The Balaban J connectivity index is 1.72. The molecule has 2 unspecified atom stereocenters. The average Bonchev–Trinajstić information content (AvgIpc) is 3.18. The SMILES string of the molecule is CCCCCCCCCCCC(C(C)Cc1ccccc1)n1ccnc1. The Labute approximate surface area is 161 Å². The summed E-state index contributed by atoms with van der Waals surface area (Å²) in [5, 5.41) is 0. The zero-order valence-electron chi connectivity index (χ0n) is 16.9. The van der Waals surface area contributed by atoms with Crippen molar-refractivity contribution in [2.24, 2.45) is 5.92 Å². The average molecular weight is 355 g/mol. The van der Waals surface area contributed by atoms with Crippen LogP contribution in [0.2, 0.25) is 0 Å². The first-order valence-electron chi connectivity index (χ1n) is 10.8. The molecule has 2 heteroatoms. The topological polar surface area (TPSA) is 17.8 Å². The molecule has 0 spiro atoms. The van der Waals surface area contributed by atoms with Gasteiger partial charge in [-0.1, -0.05) is 102 Å². The molecular weight excluding hydrogens is 316 g/mol. The van der Waals surface area contributed by atoms with E-state index < -0.39 is 0 Å². The second kappa shape index (κ2) is 12.7. The fourth-order valence-electron chi connectivity index (χ4n) is 3.98. The molecule has 2 rings (SSSR count). The molecule has 26 heavy (non-hydrogen) atoms. The molecule has 0 bridgehead atoms. The smallest absolute Gasteiger partial charge is 0.0948 e. The number of hydrogen-bond donors (Lipinski definition) is 0. The highest BCUT2D eigenvalue weighted by molar-refractivity contribution is 5.15. The van der Waals surface area contributed by atoms with Gasteiger partial charge in [0, 0.05) is 18.4 Å². The van der Waals surface area contributed by atoms with Gasteiger partial charge >= 0.3 is 0 Å². The van der Waals surface area contributed by atoms with Crippen LogP contribution < -0.4 is 0 Å². The first-order chi connectivity index (χ1) is 12.8. The fraction of sp³-hybridized carbons (Fsp3) is 0.625. The van der Waals surface area contributed by atoms with E-state index >= 15 is 0 Å². The normalized spacial score (nSPS) is 13.6. The molecular formula is C24H38N2. The fourth-order valence-corrected chi connectivity index (χ4v) is 3.98. The van der Waals surface area contributed by atoms with Crippen LogP contribution in [0.3, 0.4) is 0 Å². The van der Waals surface area contributed by atoms with E-state index in [0.29, 0.717) is 12.0 Å². The third kappa shape index (κ3) is 7.76. The molecule has 0 fully saturated rings. The van der Waals surface area contributed by atoms with E-state index in [4.69, 9.17) is 0 Å². The number of unbranched alkanes of at least 4 members (excludes halogenated alkanes) is 8. The van der Waals surface area contributed by atoms with E-state index in [0.717, 1.165) is 6.42 Å². The molecule has 144 valence electrons. The summed E-state index contributed by atoms with van der Waals surface area (Å²) in [6.45, 7) is 4.68. The number of hydrogen-bond acceptors (Lipinski definition) is 1. The maximum atomic E-state index is 4.29. The third-order valence-corrected chi connectivity index (χ3v) is 5.57. The highest BCUT2D eigenvalue weighted by atomic mass is 15.1. The summed E-state index contributed by atoms with van der Waals surface area (Å²) in [4.78, 5) is 4.29. The molecule has 2 atom stereocenters. The van der Waals surface area contributed by atoms with E-state index in [1.54, 1.807) is 0 Å². The van der Waals surface area contributed by atoms with Crippen LogP contribution in [0.5, 0.6) is 0 Å². The van der Waals surface area contributed by atoms with Crippen LogP contribution in [0.4, 0.5) is 0 Å². The second-order valence-corrected chi connectivity index (χ2v) is 7.86. The minimum atomic E-state index is 0.558. The maximum absolute atomic E-state index is 4.29. The molecule has 0 aliphatic rings. The van der Waals surface area contributed by atoms with Gasteiger partial charge in [0.05, 0.1) is 6.33 Å². The van der Waals surface area contributed by atoms with Gasteiger partial charge < -0.3 is 4.57 Å². The molecule has 0 N–H and O–H groups in total. The van der Waals surface area contributed by atoms with Gasteiger partial charge in [-0.25, -0.2) is 4.98 Å². The van der Waals surface area contributed by atoms with E-state index in [2.05, 4.69) is 59.9 Å². The van der Waals surface area contributed by atoms with Gasteiger partial charge in [-0.05, 0) is 24.3 Å². The van der Waals surface area contributed by atoms with Crippen LogP contribution in [0.1, 0.15) is 89.7 Å². The zero-order valence-corrected chi connectivity index (χ0v) is 16.9. The van der Waals surface area contributed by atoms with E-state index in [9.17, 15) is 0 Å². The molecule has 2 aromatic rings. The van der Waals surface area contributed by atoms with Crippen LogP contribution in [-0.4, -0.2) is 9.55 Å². The largest absolute Gasteiger partial charge is 0.334 e. The number of nitrogens with zero attached hydrogens (tertiary/aromatic N) is 2. The maximum Gasteiger partial charge on any atom is 0.0948 e. The molecule has 1 aromatic heterocycles. The van der Waals surface area contributed by atoms with Gasteiger partial charge in [-0.3, -0.25) is 0 Å². The van der Waals surface area contributed by atoms with Crippen molar-refractivity contribution in [3.63, 3.8) is 0 Å². The molecule has 0 radical (unpaired) electrons. The van der Waals surface area contributed by atoms with Crippen molar-refractivity contribution >= 4 is 0 Å². The highest BCUT2D eigenvalue weighted by Gasteiger charge is 2.18. The predicted octanol–water partition coefficient (Wildman–Crippen LogP) is 7.22. The summed E-state index contributed by atoms with van der Waals surface area (Å²) in [5.74, 6) is 0.626. The Morgan fingerprint density at radius 1 is 0.885 bits per heavy atom. The Morgan fingerprint density at radius 2 is 1.54 bits per heavy atom. The zero-order chi connectivity index (χ0) is 18.5. The number of benzene rings is 1. The summed E-state index contributed by atoms with van der Waals surface area (Å²) in [7, 11) is 0. The van der Waals surface area contributed by atoms with Crippen molar-refractivity contribution in [3.8, 4) is 0 Å². The van der Waals surface area contributed by atoms with Crippen molar-refractivity contribution < 1.29 is 0 Å². The Hall–Kier alpha value is -1.57. The lowest BCUT2D eigenvalue weighted by molar-refractivity contribution is 0.318. The summed E-state index contributed by atoms with van der Waals surface area (Å²) < 4.78 is 2.33. The Bertz CT molecular complexity index is 547. The standard InChI is InChI=1S/C24H38N2/c1-3-4-5-6-7-8-9-10-14-17-24(26-19-18-25-21-26)22(2)20-23-15-12-11-13-16-23/h11-13,15-16,18-19,21-22,24H,3-10,14,17,20H2,1-2H3. The van der Waals surface area contributed by atoms with Gasteiger partial charge in [-0.15, -0.1) is 0 Å². The van der Waals surface area contributed by atoms with Crippen molar-refractivity contribution in [2.45, 2.75) is 90.5 Å². The van der Waals surface area contributed by atoms with Crippen LogP contribution in [0.15, 0.2) is 49.1 Å². The number of imidazole rings is 1. The molecule has 1 heterocycles. The monoisotopic (exact) mass is 354 g/mol. The summed E-state index contributed by atoms with van der Waals surface area (Å²) in [6, 6.07) is 11.5. The highest BCUT2D eigenvalue weighted by Crippen LogP contribution is 2.27. The van der Waals surface area contributed by atoms with Crippen molar-refractivity contribution in [2.75, 3.05) is 0 Å². The summed E-state index contributed by atoms with van der Waals surface area (Å²) >= 11 is 0. The van der Waals surface area contributed by atoms with E-state index in [1.807, 2.05) is 12.5 Å². The Morgan fingerprint density at radius 3 is 2.15 bits per heavy atom. The van der Waals surface area contributed by atoms with Gasteiger partial charge in [-0.2, -0.15) is 0 Å². The van der Waals surface area contributed by atoms with Crippen molar-refractivity contribution in [1.29, 1.82) is 0 Å². The third-order valence-electron chi connectivity index (χ3n) is 5.57. The van der Waals surface area contributed by atoms with Crippen LogP contribution in [-0.2, 0) is 6.42 Å². The summed E-state index contributed by atoms with van der Waals surface area (Å²) in [6.07, 6.45) is 21.0. The van der Waals surface area contributed by atoms with Gasteiger partial charge in [0.15, 0.2) is 0 Å². The quantitative estimate of drug-likeness (QED) is 0.327. The summed E-state index contributed by atoms with van der Waals surface area (Å²) in [5.41, 5.74) is 1.44. The predicted molar refractivity (Wildman–Crippen MR) is 112 cm³/mol. The second-order valence-electron chi connectivity index (χ2n) is 7.86. The minimum Gasteiger partial charge on any atom is -0.334 e. The molecule has 0 saturated heterocycles. The lowest BCUT2D eigenvalue weighted by Crippen LogP contribution is -2.18. The van der Waals surface area contributed by atoms with E-state index in [1.165, 1.54) is 69.8 Å². The van der Waals surface area contributed by atoms with Gasteiger partial charge in [0.2, 0.25) is 0 Å². The molecule has 1 aromatic carbocycles. The number of rotatable bonds is 14. The molecule has 0 amide bonds.